The van der Waals surface area contributed by atoms with Gasteiger partial charge in [-0.2, -0.15) is 0 Å². The van der Waals surface area contributed by atoms with Crippen molar-refractivity contribution in [3.05, 3.63) is 59.7 Å². The van der Waals surface area contributed by atoms with Gasteiger partial charge in [0.2, 0.25) is 0 Å². The number of rotatable bonds is 3. The molecule has 0 aliphatic heterocycles. The van der Waals surface area contributed by atoms with Gasteiger partial charge in [0.1, 0.15) is 17.2 Å². The highest BCUT2D eigenvalue weighted by atomic mass is 32.2. The van der Waals surface area contributed by atoms with Crippen molar-refractivity contribution in [1.29, 1.82) is 0 Å². The first-order valence-corrected chi connectivity index (χ1v) is 5.85. The number of aromatic carboxylic acids is 1. The smallest absolute Gasteiger partial charge is 0.339 e. The maximum atomic E-state index is 13.4. The summed E-state index contributed by atoms with van der Waals surface area (Å²) in [4.78, 5) is 11.4. The van der Waals surface area contributed by atoms with Gasteiger partial charge in [0, 0.05) is 9.79 Å². The molecule has 0 saturated heterocycles. The number of carboxylic acids is 1. The number of halogens is 2. The van der Waals surface area contributed by atoms with Gasteiger partial charge in [0.05, 0.1) is 0 Å². The average molecular weight is 266 g/mol. The van der Waals surface area contributed by atoms with Gasteiger partial charge in [-0.25, -0.2) is 13.6 Å². The van der Waals surface area contributed by atoms with Crippen molar-refractivity contribution < 1.29 is 18.7 Å². The molecule has 2 aromatic carbocycles. The highest BCUT2D eigenvalue weighted by molar-refractivity contribution is 7.99. The molecule has 1 N–H and O–H groups in total. The second kappa shape index (κ2) is 5.18. The van der Waals surface area contributed by atoms with Gasteiger partial charge in [-0.05, 0) is 24.3 Å². The van der Waals surface area contributed by atoms with E-state index in [4.69, 9.17) is 5.11 Å². The lowest BCUT2D eigenvalue weighted by molar-refractivity contribution is 0.0688. The first-order chi connectivity index (χ1) is 8.59. The molecule has 18 heavy (non-hydrogen) atoms. The molecule has 2 nitrogen and oxygen atoms in total. The van der Waals surface area contributed by atoms with Crippen LogP contribution in [-0.2, 0) is 0 Å². The topological polar surface area (TPSA) is 37.3 Å². The van der Waals surface area contributed by atoms with Crippen LogP contribution in [-0.4, -0.2) is 11.1 Å². The first kappa shape index (κ1) is 12.6. The monoisotopic (exact) mass is 266 g/mol. The van der Waals surface area contributed by atoms with Gasteiger partial charge in [-0.1, -0.05) is 30.0 Å². The van der Waals surface area contributed by atoms with Crippen molar-refractivity contribution in [3.63, 3.8) is 0 Å². The van der Waals surface area contributed by atoms with E-state index in [2.05, 4.69) is 0 Å². The predicted molar refractivity (Wildman–Crippen MR) is 63.9 cm³/mol. The minimum absolute atomic E-state index is 0.174. The Labute approximate surface area is 106 Å². The van der Waals surface area contributed by atoms with Crippen LogP contribution in [0.4, 0.5) is 8.78 Å². The van der Waals surface area contributed by atoms with Crippen LogP contribution < -0.4 is 0 Å². The Morgan fingerprint density at radius 2 is 1.56 bits per heavy atom. The number of carbonyl (C=O) groups is 1. The summed E-state index contributed by atoms with van der Waals surface area (Å²) in [5.74, 6) is -2.67. The van der Waals surface area contributed by atoms with Crippen molar-refractivity contribution in [1.82, 2.24) is 0 Å². The summed E-state index contributed by atoms with van der Waals surface area (Å²) >= 11 is 0.887. The van der Waals surface area contributed by atoms with Crippen LogP contribution in [0, 0.1) is 11.6 Å². The second-order valence-corrected chi connectivity index (χ2v) is 4.53. The SMILES string of the molecule is O=C(O)c1c(F)cccc1Sc1ccccc1F. The van der Waals surface area contributed by atoms with Crippen molar-refractivity contribution in [2.45, 2.75) is 9.79 Å². The molecule has 2 aromatic rings. The quantitative estimate of drug-likeness (QED) is 0.917. The predicted octanol–water partition coefficient (Wildman–Crippen LogP) is 3.81. The highest BCUT2D eigenvalue weighted by Gasteiger charge is 2.17. The lowest BCUT2D eigenvalue weighted by Crippen LogP contribution is -2.02. The van der Waals surface area contributed by atoms with Crippen LogP contribution in [0.5, 0.6) is 0 Å². The Balaban J connectivity index is 2.44. The number of hydrogen-bond donors (Lipinski definition) is 1. The third-order valence-electron chi connectivity index (χ3n) is 2.25. The number of carboxylic acid groups (broad SMARTS) is 1. The number of benzene rings is 2. The molecule has 2 rings (SSSR count). The van der Waals surface area contributed by atoms with E-state index in [1.807, 2.05) is 0 Å². The Kier molecular flexibility index (Phi) is 3.62. The molecule has 5 heteroatoms. The van der Waals surface area contributed by atoms with Crippen LogP contribution >= 0.6 is 11.8 Å². The fourth-order valence-electron chi connectivity index (χ4n) is 1.44. The minimum atomic E-state index is -1.37. The largest absolute Gasteiger partial charge is 0.478 e. The molecule has 0 heterocycles. The van der Waals surface area contributed by atoms with Crippen molar-refractivity contribution in [3.8, 4) is 0 Å². The van der Waals surface area contributed by atoms with Crippen molar-refractivity contribution in [2.24, 2.45) is 0 Å². The van der Waals surface area contributed by atoms with Gasteiger partial charge < -0.3 is 5.11 Å². The van der Waals surface area contributed by atoms with E-state index in [1.165, 1.54) is 30.3 Å². The molecule has 0 aromatic heterocycles. The Bertz CT molecular complexity index is 599. The molecule has 0 aliphatic rings. The lowest BCUT2D eigenvalue weighted by Gasteiger charge is -2.07. The second-order valence-electron chi connectivity index (χ2n) is 3.45. The van der Waals surface area contributed by atoms with E-state index in [0.717, 1.165) is 17.8 Å². The number of hydrogen-bond acceptors (Lipinski definition) is 2. The third kappa shape index (κ3) is 2.51. The summed E-state index contributed by atoms with van der Waals surface area (Å²) in [6.07, 6.45) is 0. The molecule has 0 amide bonds. The molecule has 0 aliphatic carbocycles. The van der Waals surface area contributed by atoms with Crippen LogP contribution in [0.3, 0.4) is 0 Å². The zero-order valence-corrected chi connectivity index (χ0v) is 9.88. The molecule has 0 bridgehead atoms. The van der Waals surface area contributed by atoms with Gasteiger partial charge in [0.25, 0.3) is 0 Å². The first-order valence-electron chi connectivity index (χ1n) is 5.04. The van der Waals surface area contributed by atoms with Crippen molar-refractivity contribution >= 4 is 17.7 Å². The highest BCUT2D eigenvalue weighted by Crippen LogP contribution is 2.33. The molecule has 0 radical (unpaired) electrons. The average Bonchev–Trinajstić information content (AvgIpc) is 2.31. The van der Waals surface area contributed by atoms with E-state index in [9.17, 15) is 13.6 Å². The van der Waals surface area contributed by atoms with E-state index in [-0.39, 0.29) is 9.79 Å². The third-order valence-corrected chi connectivity index (χ3v) is 3.36. The molecular formula is C13H8F2O2S. The Morgan fingerprint density at radius 3 is 2.22 bits per heavy atom. The van der Waals surface area contributed by atoms with Crippen molar-refractivity contribution in [2.75, 3.05) is 0 Å². The fourth-order valence-corrected chi connectivity index (χ4v) is 2.43. The summed E-state index contributed by atoms with van der Waals surface area (Å²) in [5, 5.41) is 8.95. The summed E-state index contributed by atoms with van der Waals surface area (Å²) in [6.45, 7) is 0. The van der Waals surface area contributed by atoms with E-state index >= 15 is 0 Å². The van der Waals surface area contributed by atoms with Crippen LogP contribution in [0.25, 0.3) is 0 Å². The summed E-state index contributed by atoms with van der Waals surface area (Å²) < 4.78 is 26.9. The molecule has 0 saturated carbocycles. The standard InChI is InChI=1S/C13H8F2O2S/c14-8-4-1-2-6-10(8)18-11-7-3-5-9(15)12(11)13(16)17/h1-7H,(H,16,17). The molecule has 0 spiro atoms. The van der Waals surface area contributed by atoms with E-state index < -0.39 is 23.2 Å². The molecule has 0 unspecified atom stereocenters. The molecule has 0 atom stereocenters. The van der Waals surface area contributed by atoms with Gasteiger partial charge in [0.15, 0.2) is 0 Å². The fraction of sp³-hybridized carbons (Fsp3) is 0. The van der Waals surface area contributed by atoms with Gasteiger partial charge in [-0.3, -0.25) is 0 Å². The van der Waals surface area contributed by atoms with Crippen LogP contribution in [0.2, 0.25) is 0 Å². The summed E-state index contributed by atoms with van der Waals surface area (Å²) in [6, 6.07) is 9.84. The van der Waals surface area contributed by atoms with Gasteiger partial charge >= 0.3 is 5.97 Å². The van der Waals surface area contributed by atoms with Crippen LogP contribution in [0.15, 0.2) is 52.3 Å². The molecular weight excluding hydrogens is 258 g/mol. The van der Waals surface area contributed by atoms with E-state index in [0.29, 0.717) is 0 Å². The van der Waals surface area contributed by atoms with E-state index in [1.54, 1.807) is 6.07 Å². The maximum absolute atomic E-state index is 13.4. The zero-order chi connectivity index (χ0) is 13.1. The Morgan fingerprint density at radius 1 is 0.944 bits per heavy atom. The zero-order valence-electron chi connectivity index (χ0n) is 9.06. The molecule has 0 fully saturated rings. The lowest BCUT2D eigenvalue weighted by atomic mass is 10.2. The summed E-state index contributed by atoms with van der Waals surface area (Å²) in [5.41, 5.74) is -0.439. The Hall–Kier alpha value is -1.88. The summed E-state index contributed by atoms with van der Waals surface area (Å²) in [7, 11) is 0. The minimum Gasteiger partial charge on any atom is -0.478 e. The van der Waals surface area contributed by atoms with Crippen LogP contribution in [0.1, 0.15) is 10.4 Å². The maximum Gasteiger partial charge on any atom is 0.339 e. The molecule has 92 valence electrons. The normalized spacial score (nSPS) is 10.3. The van der Waals surface area contributed by atoms with Gasteiger partial charge in [-0.15, -0.1) is 0 Å².